The molecule has 1 aliphatic heterocycles. The summed E-state index contributed by atoms with van der Waals surface area (Å²) in [6.07, 6.45) is 3.77. The summed E-state index contributed by atoms with van der Waals surface area (Å²) in [7, 11) is 1.87. The van der Waals surface area contributed by atoms with Gasteiger partial charge in [-0.3, -0.25) is 9.48 Å². The fourth-order valence-corrected chi connectivity index (χ4v) is 3.07. The fraction of sp³-hybridized carbons (Fsp3) is 0.353. The van der Waals surface area contributed by atoms with Crippen LogP contribution in [0.4, 0.5) is 10.5 Å². The molecular formula is C17H22N6O2. The molecule has 0 unspecified atom stereocenters. The molecule has 0 spiro atoms. The Hall–Kier alpha value is -2.87. The zero-order chi connectivity index (χ0) is 17.8. The van der Waals surface area contributed by atoms with Crippen LogP contribution in [0.2, 0.25) is 0 Å². The molecule has 8 heteroatoms. The highest BCUT2D eigenvalue weighted by molar-refractivity contribution is 5.93. The molecule has 0 radical (unpaired) electrons. The Labute approximate surface area is 145 Å². The van der Waals surface area contributed by atoms with Crippen LogP contribution in [0.3, 0.4) is 0 Å². The van der Waals surface area contributed by atoms with Gasteiger partial charge in [0.05, 0.1) is 12.1 Å². The van der Waals surface area contributed by atoms with E-state index in [0.717, 1.165) is 23.4 Å². The normalized spacial score (nSPS) is 19.6. The molecule has 2 atom stereocenters. The summed E-state index contributed by atoms with van der Waals surface area (Å²) in [6.45, 7) is 1.77. The van der Waals surface area contributed by atoms with E-state index < -0.39 is 6.03 Å². The zero-order valence-electron chi connectivity index (χ0n) is 14.0. The van der Waals surface area contributed by atoms with Gasteiger partial charge >= 0.3 is 6.03 Å². The van der Waals surface area contributed by atoms with E-state index in [2.05, 4.69) is 21.0 Å². The molecule has 1 aromatic carbocycles. The highest BCUT2D eigenvalue weighted by atomic mass is 16.2. The summed E-state index contributed by atoms with van der Waals surface area (Å²) in [4.78, 5) is 23.4. The topological polar surface area (TPSA) is 114 Å². The van der Waals surface area contributed by atoms with Gasteiger partial charge in [0.2, 0.25) is 5.91 Å². The molecule has 3 amide bonds. The molecule has 2 heterocycles. The summed E-state index contributed by atoms with van der Waals surface area (Å²) >= 11 is 0. The second-order valence-corrected chi connectivity index (χ2v) is 6.22. The molecule has 1 aromatic heterocycles. The lowest BCUT2D eigenvalue weighted by Gasteiger charge is -2.17. The molecule has 3 rings (SSSR count). The molecule has 25 heavy (non-hydrogen) atoms. The first-order valence-electron chi connectivity index (χ1n) is 8.15. The van der Waals surface area contributed by atoms with Gasteiger partial charge in [-0.05, 0) is 23.3 Å². The highest BCUT2D eigenvalue weighted by Gasteiger charge is 2.34. The Balaban J connectivity index is 1.62. The van der Waals surface area contributed by atoms with Gasteiger partial charge in [0, 0.05) is 44.5 Å². The molecule has 5 N–H and O–H groups in total. The molecule has 2 aromatic rings. The smallest absolute Gasteiger partial charge is 0.312 e. The van der Waals surface area contributed by atoms with Crippen LogP contribution in [0.1, 0.15) is 17.0 Å². The molecule has 1 saturated heterocycles. The highest BCUT2D eigenvalue weighted by Crippen LogP contribution is 2.28. The number of nitrogens with one attached hydrogen (secondary N) is 3. The number of nitrogens with two attached hydrogens (primary N) is 1. The van der Waals surface area contributed by atoms with Gasteiger partial charge in [0.1, 0.15) is 0 Å². The molecule has 1 fully saturated rings. The average Bonchev–Trinajstić information content (AvgIpc) is 3.22. The van der Waals surface area contributed by atoms with Crippen molar-refractivity contribution in [2.75, 3.05) is 18.4 Å². The van der Waals surface area contributed by atoms with Crippen molar-refractivity contribution in [3.63, 3.8) is 0 Å². The van der Waals surface area contributed by atoms with E-state index in [1.165, 1.54) is 0 Å². The summed E-state index contributed by atoms with van der Waals surface area (Å²) in [6, 6.07) is 6.76. The summed E-state index contributed by atoms with van der Waals surface area (Å²) in [5.41, 5.74) is 7.76. The van der Waals surface area contributed by atoms with Crippen LogP contribution in [-0.2, 0) is 18.4 Å². The third-order valence-electron chi connectivity index (χ3n) is 4.39. The van der Waals surface area contributed by atoms with Gasteiger partial charge in [0.25, 0.3) is 0 Å². The number of urea groups is 1. The number of primary amides is 1. The van der Waals surface area contributed by atoms with Crippen molar-refractivity contribution in [1.82, 2.24) is 20.4 Å². The molecule has 0 aliphatic carbocycles. The van der Waals surface area contributed by atoms with Crippen molar-refractivity contribution in [3.8, 4) is 0 Å². The van der Waals surface area contributed by atoms with Crippen LogP contribution < -0.4 is 21.7 Å². The van der Waals surface area contributed by atoms with E-state index in [0.29, 0.717) is 13.1 Å². The van der Waals surface area contributed by atoms with Gasteiger partial charge in [0.15, 0.2) is 0 Å². The van der Waals surface area contributed by atoms with Crippen LogP contribution in [0.25, 0.3) is 0 Å². The minimum Gasteiger partial charge on any atom is -0.352 e. The molecule has 8 nitrogen and oxygen atoms in total. The second-order valence-electron chi connectivity index (χ2n) is 6.22. The maximum Gasteiger partial charge on any atom is 0.312 e. The number of hydrogen-bond donors (Lipinski definition) is 4. The predicted molar refractivity (Wildman–Crippen MR) is 93.8 cm³/mol. The fourth-order valence-electron chi connectivity index (χ4n) is 3.07. The zero-order valence-corrected chi connectivity index (χ0v) is 14.0. The predicted octanol–water partition coefficient (Wildman–Crippen LogP) is 0.530. The van der Waals surface area contributed by atoms with Crippen LogP contribution in [-0.4, -0.2) is 34.8 Å². The van der Waals surface area contributed by atoms with Gasteiger partial charge in [-0.1, -0.05) is 12.1 Å². The monoisotopic (exact) mass is 342 g/mol. The molecule has 0 bridgehead atoms. The largest absolute Gasteiger partial charge is 0.352 e. The van der Waals surface area contributed by atoms with E-state index in [9.17, 15) is 9.59 Å². The number of hydrogen-bond acceptors (Lipinski definition) is 4. The molecule has 1 aliphatic rings. The lowest BCUT2D eigenvalue weighted by atomic mass is 9.90. The van der Waals surface area contributed by atoms with Crippen molar-refractivity contribution in [3.05, 3.63) is 47.8 Å². The number of carbonyl (C=O) groups is 2. The number of aryl methyl sites for hydroxylation is 1. The Morgan fingerprint density at radius 2 is 2.08 bits per heavy atom. The maximum absolute atomic E-state index is 12.7. The minimum atomic E-state index is -0.562. The van der Waals surface area contributed by atoms with E-state index in [1.807, 2.05) is 43.7 Å². The van der Waals surface area contributed by atoms with Crippen molar-refractivity contribution in [2.24, 2.45) is 18.7 Å². The van der Waals surface area contributed by atoms with Crippen LogP contribution in [0.5, 0.6) is 0 Å². The Morgan fingerprint density at radius 1 is 1.32 bits per heavy atom. The quantitative estimate of drug-likeness (QED) is 0.634. The van der Waals surface area contributed by atoms with Gasteiger partial charge in [-0.15, -0.1) is 0 Å². The summed E-state index contributed by atoms with van der Waals surface area (Å²) in [5, 5.41) is 13.0. The Bertz CT molecular complexity index is 755. The standard InChI is InChI=1S/C17H22N6O2/c1-23-10-12(7-21-23)14-8-19-9-15(14)16(24)22-13-4-2-11(3-5-13)6-20-17(18)25/h2-5,7,10,14-15,19H,6,8-9H2,1H3,(H,22,24)(H3,18,20,25)/t14-,15+/m1/s1. The van der Waals surface area contributed by atoms with Crippen molar-refractivity contribution in [2.45, 2.75) is 12.5 Å². The third kappa shape index (κ3) is 4.16. The van der Waals surface area contributed by atoms with E-state index in [1.54, 1.807) is 4.68 Å². The second kappa shape index (κ2) is 7.35. The number of amides is 3. The number of rotatable bonds is 5. The van der Waals surface area contributed by atoms with Crippen LogP contribution in [0, 0.1) is 5.92 Å². The number of benzene rings is 1. The summed E-state index contributed by atoms with van der Waals surface area (Å²) < 4.78 is 1.75. The first kappa shape index (κ1) is 17.0. The molecular weight excluding hydrogens is 320 g/mol. The number of carbonyl (C=O) groups excluding carboxylic acids is 2. The van der Waals surface area contributed by atoms with E-state index >= 15 is 0 Å². The van der Waals surface area contributed by atoms with Crippen molar-refractivity contribution >= 4 is 17.6 Å². The maximum atomic E-state index is 12.7. The molecule has 132 valence electrons. The SMILES string of the molecule is Cn1cc([C@H]2CNC[C@@H]2C(=O)Nc2ccc(CNC(N)=O)cc2)cn1. The van der Waals surface area contributed by atoms with Crippen molar-refractivity contribution in [1.29, 1.82) is 0 Å². The van der Waals surface area contributed by atoms with Crippen molar-refractivity contribution < 1.29 is 9.59 Å². The van der Waals surface area contributed by atoms with Crippen LogP contribution >= 0.6 is 0 Å². The van der Waals surface area contributed by atoms with E-state index in [4.69, 9.17) is 5.73 Å². The lowest BCUT2D eigenvalue weighted by Crippen LogP contribution is -2.29. The third-order valence-corrected chi connectivity index (χ3v) is 4.39. The Kier molecular flexibility index (Phi) is 4.99. The van der Waals surface area contributed by atoms with Crippen LogP contribution in [0.15, 0.2) is 36.7 Å². The number of aromatic nitrogens is 2. The first-order chi connectivity index (χ1) is 12.0. The van der Waals surface area contributed by atoms with E-state index in [-0.39, 0.29) is 17.7 Å². The van der Waals surface area contributed by atoms with Gasteiger partial charge in [-0.25, -0.2) is 4.79 Å². The summed E-state index contributed by atoms with van der Waals surface area (Å²) in [5.74, 6) is -0.0324. The first-order valence-corrected chi connectivity index (χ1v) is 8.15. The number of nitrogens with zero attached hydrogens (tertiary/aromatic N) is 2. The average molecular weight is 342 g/mol. The molecule has 0 saturated carbocycles. The van der Waals surface area contributed by atoms with Gasteiger partial charge in [-0.2, -0.15) is 5.10 Å². The number of anilines is 1. The minimum absolute atomic E-state index is 0.0122. The lowest BCUT2D eigenvalue weighted by molar-refractivity contribution is -0.119. The van der Waals surface area contributed by atoms with Gasteiger partial charge < -0.3 is 21.7 Å². The Morgan fingerprint density at radius 3 is 2.72 bits per heavy atom.